The van der Waals surface area contributed by atoms with Crippen LogP contribution in [0.15, 0.2) is 0 Å². The molecule has 0 aromatic heterocycles. The maximum Gasteiger partial charge on any atom is 0.242 e. The predicted molar refractivity (Wildman–Crippen MR) is 435 cm³/mol. The minimum atomic E-state index is -1.97. The van der Waals surface area contributed by atoms with Crippen LogP contribution in [0.2, 0.25) is 0 Å². The van der Waals surface area contributed by atoms with E-state index in [4.69, 9.17) is 66.3 Å². The van der Waals surface area contributed by atoms with Gasteiger partial charge in [0, 0.05) is 77.8 Å². The largest absolute Gasteiger partial charge is 0.394 e. The minimum Gasteiger partial charge on any atom is -0.394 e. The predicted octanol–water partition coefficient (Wildman–Crippen LogP) is -13.8. The van der Waals surface area contributed by atoms with Crippen LogP contribution in [0.4, 0.5) is 0 Å². The molecule has 0 spiro atoms. The summed E-state index contributed by atoms with van der Waals surface area (Å²) in [6.07, 6.45) is -50.9. The molecule has 7 heterocycles. The van der Waals surface area contributed by atoms with Crippen LogP contribution in [-0.2, 0) is 99.9 Å². The number of aliphatic hydroxyl groups excluding tert-OH is 23. The molecule has 0 aliphatic carbocycles. The van der Waals surface area contributed by atoms with Crippen molar-refractivity contribution in [2.24, 2.45) is 0 Å². The van der Waals surface area contributed by atoms with E-state index in [-0.39, 0.29) is 115 Å². The maximum atomic E-state index is 13.6. The first-order chi connectivity index (χ1) is 61.5. The van der Waals surface area contributed by atoms with Gasteiger partial charge in [-0.05, 0) is 78.6 Å². The van der Waals surface area contributed by atoms with E-state index in [1.807, 2.05) is 6.92 Å². The number of hydrogen-bond donors (Lipinski definition) is 30. The zero-order valence-electron chi connectivity index (χ0n) is 72.3. The van der Waals surface area contributed by atoms with Gasteiger partial charge in [-0.25, -0.2) is 0 Å². The number of carbonyl (C=O) groups excluding carboxylic acids is 7. The normalized spacial score (nSPS) is 36.5. The third kappa shape index (κ3) is 35.4. The lowest BCUT2D eigenvalue weighted by molar-refractivity contribution is -0.366. The Bertz CT molecular complexity index is 3230. The highest BCUT2D eigenvalue weighted by Gasteiger charge is 2.55. The molecule has 7 aliphatic rings. The molecule has 7 fully saturated rings. The lowest BCUT2D eigenvalue weighted by atomic mass is 9.96. The summed E-state index contributed by atoms with van der Waals surface area (Å²) in [5.74, 6) is -2.04. The summed E-state index contributed by atoms with van der Waals surface area (Å²) in [6.45, 7) is 1.19. The summed E-state index contributed by atoms with van der Waals surface area (Å²) in [4.78, 5) is 87.1. The summed E-state index contributed by atoms with van der Waals surface area (Å²) >= 11 is 0. The first-order valence-corrected chi connectivity index (χ1v) is 43.7. The van der Waals surface area contributed by atoms with Crippen molar-refractivity contribution in [3.8, 4) is 0 Å². The first-order valence-electron chi connectivity index (χ1n) is 43.7. The van der Waals surface area contributed by atoms with Gasteiger partial charge in [0.25, 0.3) is 0 Å². The topological polar surface area (TPSA) is 798 Å². The van der Waals surface area contributed by atoms with Crippen molar-refractivity contribution in [2.75, 3.05) is 98.7 Å². The second kappa shape index (κ2) is 59.7. The molecule has 0 radical (unpaired) electrons. The Morgan fingerprint density at radius 1 is 0.285 bits per heavy atom. The standard InChI is InChI=1S/C50H89N5O26.C28H50N2O18.CH4/c1-3-51-30(58)13-6-4-5-7-16-33(61)55-26(12-10-11-17-52-31(59)14-8-9-15-32(60)53-18-20-74-47-41(69)38(66)34(62)25(2)77-47)46(73)54-19-21-75-49-44(72)45(81-50-43(71)40(68)36(64)28(23-57)79-50)37(65)29(80-49)24-76-48-42(70)39(67)35(63)27(22-56)78-48;1-2-29-15(33)5-3-4-6-16(34)30-7-8-43-27-24(42)25(48-28-23(41)21(39)18(36)13(10-32)46-28)19(37)14(47-27)11-44-26-22(40)20(38)17(35)12(9-31)45-26;/h25-29,34-45,47-50,56-57,62-72H,3-24H2,1-2H3,(H,51,58)(H,52,59)(H,53,60)(H,54,73)(H,55,61);12-14,17-28,31-32,35-42H,2-11H2,1H3,(H,29,33)(H,30,34);1H4/t25-,26-,27+,28+,29+,34+,35+,36+,37+,38+,39-,40-,41-,42-,43-,44-,45-,47+,48-,49-,50+;12-,13-,14-,17-,18-,19-,20+,21+,22+,23+,24+,25+,26+,27+,28-;/m01./s1. The van der Waals surface area contributed by atoms with Crippen LogP contribution < -0.4 is 37.2 Å². The SMILES string of the molecule is C.CCNC(=O)CCCCC(=O)NCCO[C@H]1O[C@H](CO[C@H]2O[C@H](CO)[C@@H](O)[C@H](O)[C@@H]2O)[C@@H](O)[C@H](O[C@H]2O[C@H](CO)[C@@H](O)[C@H](O)[C@@H]2O)[C@@H]1O.CCNC(=O)CCCCCCC(=O)N[C@@H](CCCCNC(=O)CCCCC(=O)NCCO[C@@H]1O[C@@H](C)[C@@H](O)[C@@H](O)[C@@H]1O)C(=O)NCCO[C@H]1O[C@H](CO[C@H]2O[C@H](CO)[C@@H](O)[C@H](O)[C@@H]2O)[C@@H](O)[C@H](O[C@H]2O[C@H](CO)[C@@H](O)[C@H](O)[C@@H]2O)[C@@H]1O. The van der Waals surface area contributed by atoms with Gasteiger partial charge in [0.1, 0.15) is 171 Å². The summed E-state index contributed by atoms with van der Waals surface area (Å²) in [6, 6.07) is -1.05. The fraction of sp³-hybridized carbons (Fsp3) is 0.911. The highest BCUT2D eigenvalue weighted by Crippen LogP contribution is 2.35. The minimum absolute atomic E-state index is 0. The average molecular weight is 1900 g/mol. The summed E-state index contributed by atoms with van der Waals surface area (Å²) in [5.41, 5.74) is 0. The molecule has 30 N–H and O–H groups in total. The Morgan fingerprint density at radius 2 is 0.569 bits per heavy atom. The monoisotopic (exact) mass is 1890 g/mol. The molecule has 0 aromatic carbocycles. The molecule has 36 atom stereocenters. The van der Waals surface area contributed by atoms with Crippen LogP contribution in [0.3, 0.4) is 0 Å². The summed E-state index contributed by atoms with van der Waals surface area (Å²) < 4.78 is 77.5. The van der Waals surface area contributed by atoms with Gasteiger partial charge in [0.15, 0.2) is 44.0 Å². The van der Waals surface area contributed by atoms with Gasteiger partial charge < -0.3 is 221 Å². The molecule has 51 nitrogen and oxygen atoms in total. The highest BCUT2D eigenvalue weighted by atomic mass is 16.8. The smallest absolute Gasteiger partial charge is 0.242 e. The van der Waals surface area contributed by atoms with Gasteiger partial charge in [-0.1, -0.05) is 20.3 Å². The van der Waals surface area contributed by atoms with Crippen molar-refractivity contribution in [1.29, 1.82) is 0 Å². The van der Waals surface area contributed by atoms with Crippen molar-refractivity contribution in [3.05, 3.63) is 0 Å². The van der Waals surface area contributed by atoms with Gasteiger partial charge in [-0.2, -0.15) is 0 Å². The number of carbonyl (C=O) groups is 7. The fourth-order valence-electron chi connectivity index (χ4n) is 14.6. The molecule has 0 saturated carbocycles. The van der Waals surface area contributed by atoms with Gasteiger partial charge >= 0.3 is 0 Å². The number of unbranched alkanes of at least 4 members (excludes halogenated alkanes) is 6. The lowest BCUT2D eigenvalue weighted by Crippen LogP contribution is -2.65. The molecular weight excluding hydrogens is 1750 g/mol. The van der Waals surface area contributed by atoms with E-state index in [9.17, 15) is 151 Å². The number of ether oxygens (including phenoxy) is 14. The van der Waals surface area contributed by atoms with E-state index >= 15 is 0 Å². The van der Waals surface area contributed by atoms with Crippen molar-refractivity contribution < 1.29 is 217 Å². The zero-order chi connectivity index (χ0) is 95.3. The van der Waals surface area contributed by atoms with Crippen LogP contribution >= 0.6 is 0 Å². The molecule has 7 aliphatic heterocycles. The second-order valence-corrected chi connectivity index (χ2v) is 32.2. The Hall–Kier alpha value is -5.19. The fourth-order valence-corrected chi connectivity index (χ4v) is 14.6. The molecule has 0 unspecified atom stereocenters. The highest BCUT2D eigenvalue weighted by molar-refractivity contribution is 5.87. The molecule has 0 bridgehead atoms. The molecule has 758 valence electrons. The molecule has 7 amide bonds. The third-order valence-corrected chi connectivity index (χ3v) is 22.3. The summed E-state index contributed by atoms with van der Waals surface area (Å²) in [5, 5.41) is 255. The Labute approximate surface area is 750 Å². The average Bonchev–Trinajstić information content (AvgIpc) is 0.782. The van der Waals surface area contributed by atoms with E-state index < -0.39 is 272 Å². The Kier molecular flexibility index (Phi) is 53.0. The van der Waals surface area contributed by atoms with E-state index in [1.54, 1.807) is 6.92 Å². The Balaban J connectivity index is 0.000000519. The van der Waals surface area contributed by atoms with E-state index in [0.717, 1.165) is 0 Å². The van der Waals surface area contributed by atoms with Crippen LogP contribution in [0.5, 0.6) is 0 Å². The maximum absolute atomic E-state index is 13.6. The van der Waals surface area contributed by atoms with Gasteiger partial charge in [-0.3, -0.25) is 33.6 Å². The molecule has 130 heavy (non-hydrogen) atoms. The van der Waals surface area contributed by atoms with Crippen LogP contribution in [0.1, 0.15) is 137 Å². The van der Waals surface area contributed by atoms with Crippen LogP contribution in [0, 0.1) is 0 Å². The van der Waals surface area contributed by atoms with Crippen molar-refractivity contribution in [3.63, 3.8) is 0 Å². The van der Waals surface area contributed by atoms with Gasteiger partial charge in [-0.15, -0.1) is 0 Å². The molecule has 51 heteroatoms. The third-order valence-electron chi connectivity index (χ3n) is 22.3. The van der Waals surface area contributed by atoms with Crippen LogP contribution in [0.25, 0.3) is 0 Å². The first kappa shape index (κ1) is 115. The Morgan fingerprint density at radius 3 is 0.923 bits per heavy atom. The molecular formula is C79H143N7O44. The molecule has 0 aromatic rings. The van der Waals surface area contributed by atoms with Crippen LogP contribution in [-0.4, -0.2) is 479 Å². The van der Waals surface area contributed by atoms with E-state index in [2.05, 4.69) is 37.2 Å². The quantitative estimate of drug-likeness (QED) is 0.0252. The summed E-state index contributed by atoms with van der Waals surface area (Å²) in [7, 11) is 0. The van der Waals surface area contributed by atoms with E-state index in [1.165, 1.54) is 6.92 Å². The van der Waals surface area contributed by atoms with E-state index in [0.29, 0.717) is 90.1 Å². The number of rotatable bonds is 52. The van der Waals surface area contributed by atoms with Gasteiger partial charge in [0.05, 0.1) is 65.6 Å². The molecule has 7 saturated heterocycles. The van der Waals surface area contributed by atoms with Gasteiger partial charge in [0.2, 0.25) is 41.4 Å². The lowest BCUT2D eigenvalue weighted by Gasteiger charge is -2.46. The number of amides is 7. The molecule has 7 rings (SSSR count). The zero-order valence-corrected chi connectivity index (χ0v) is 72.3. The van der Waals surface area contributed by atoms with Crippen molar-refractivity contribution in [2.45, 2.75) is 358 Å². The second-order valence-electron chi connectivity index (χ2n) is 32.2. The van der Waals surface area contributed by atoms with Crippen molar-refractivity contribution >= 4 is 41.4 Å². The number of aliphatic hydroxyl groups is 23. The van der Waals surface area contributed by atoms with Crippen molar-refractivity contribution in [1.82, 2.24) is 37.2 Å². The number of nitrogens with one attached hydrogen (secondary N) is 7. The number of hydrogen-bond acceptors (Lipinski definition) is 44.